The van der Waals surface area contributed by atoms with Gasteiger partial charge < -0.3 is 14.2 Å². The lowest BCUT2D eigenvalue weighted by atomic mass is 9.53. The summed E-state index contributed by atoms with van der Waals surface area (Å²) in [6, 6.07) is 22.9. The molecule has 0 saturated carbocycles. The van der Waals surface area contributed by atoms with Crippen molar-refractivity contribution in [1.82, 2.24) is 0 Å². The molecule has 160 valence electrons. The van der Waals surface area contributed by atoms with Crippen molar-refractivity contribution < 1.29 is 14.2 Å². The summed E-state index contributed by atoms with van der Waals surface area (Å²) in [7, 11) is 0. The molecule has 7 heteroatoms. The van der Waals surface area contributed by atoms with Gasteiger partial charge in [0.1, 0.15) is 18.5 Å². The molecule has 2 saturated heterocycles. The second-order valence-electron chi connectivity index (χ2n) is 8.11. The smallest absolute Gasteiger partial charge is 0.217 e. The first kappa shape index (κ1) is 21.4. The molecule has 32 heavy (non-hydrogen) atoms. The van der Waals surface area contributed by atoms with Crippen LogP contribution in [0.2, 0.25) is 0 Å². The fourth-order valence-corrected chi connectivity index (χ4v) is 4.82. The Morgan fingerprint density at radius 2 is 1.66 bits per heavy atom. The SMILES string of the molecule is CCC12OC(=N)C(C#N)(C1C)C(C#N)(C#N)C(c1ccc(OCc3ccccc3)cc1)O2. The van der Waals surface area contributed by atoms with Gasteiger partial charge in [0.05, 0.1) is 24.1 Å². The Labute approximate surface area is 186 Å². The molecule has 0 spiro atoms. The molecule has 4 atom stereocenters. The Bertz CT molecular complexity index is 1140. The summed E-state index contributed by atoms with van der Waals surface area (Å²) in [6.45, 7) is 3.94. The zero-order valence-corrected chi connectivity index (χ0v) is 17.8. The summed E-state index contributed by atoms with van der Waals surface area (Å²) in [5, 5.41) is 38.9. The maximum Gasteiger partial charge on any atom is 0.217 e. The van der Waals surface area contributed by atoms with Crippen molar-refractivity contribution in [3.8, 4) is 24.0 Å². The zero-order chi connectivity index (χ0) is 23.0. The molecule has 0 amide bonds. The van der Waals surface area contributed by atoms with Crippen molar-refractivity contribution in [3.05, 3.63) is 65.7 Å². The minimum atomic E-state index is -1.94. The number of rotatable bonds is 5. The molecule has 2 aliphatic rings. The minimum absolute atomic E-state index is 0.363. The number of nitriles is 3. The lowest BCUT2D eigenvalue weighted by Gasteiger charge is -2.48. The van der Waals surface area contributed by atoms with Crippen molar-refractivity contribution >= 4 is 5.90 Å². The molecule has 2 bridgehead atoms. The second kappa shape index (κ2) is 7.68. The van der Waals surface area contributed by atoms with E-state index in [1.807, 2.05) is 49.4 Å². The number of ether oxygens (including phenoxy) is 3. The largest absolute Gasteiger partial charge is 0.489 e. The van der Waals surface area contributed by atoms with Gasteiger partial charge in [0.2, 0.25) is 17.1 Å². The van der Waals surface area contributed by atoms with Gasteiger partial charge in [-0.3, -0.25) is 5.41 Å². The number of fused-ring (bicyclic) bond motifs is 2. The van der Waals surface area contributed by atoms with E-state index in [4.69, 9.17) is 19.6 Å². The van der Waals surface area contributed by atoms with Crippen LogP contribution >= 0.6 is 0 Å². The lowest BCUT2D eigenvalue weighted by Crippen LogP contribution is -2.58. The lowest BCUT2D eigenvalue weighted by molar-refractivity contribution is -0.280. The molecule has 2 fully saturated rings. The predicted molar refractivity (Wildman–Crippen MR) is 114 cm³/mol. The van der Waals surface area contributed by atoms with Crippen molar-refractivity contribution in [2.75, 3.05) is 0 Å². The normalized spacial score (nSPS) is 29.8. The third-order valence-electron chi connectivity index (χ3n) is 6.73. The van der Waals surface area contributed by atoms with Crippen LogP contribution < -0.4 is 4.74 Å². The Morgan fingerprint density at radius 1 is 1.00 bits per heavy atom. The average Bonchev–Trinajstić information content (AvgIpc) is 3.00. The Kier molecular flexibility index (Phi) is 5.13. The van der Waals surface area contributed by atoms with Crippen LogP contribution in [-0.2, 0) is 16.1 Å². The first-order valence-corrected chi connectivity index (χ1v) is 10.4. The van der Waals surface area contributed by atoms with Gasteiger partial charge in [-0.25, -0.2) is 0 Å². The van der Waals surface area contributed by atoms with E-state index in [-0.39, 0.29) is 5.90 Å². The topological polar surface area (TPSA) is 123 Å². The van der Waals surface area contributed by atoms with Crippen LogP contribution in [0.3, 0.4) is 0 Å². The molecule has 1 N–H and O–H groups in total. The van der Waals surface area contributed by atoms with Crippen LogP contribution in [0.1, 0.15) is 37.5 Å². The van der Waals surface area contributed by atoms with Crippen LogP contribution in [-0.4, -0.2) is 11.7 Å². The molecule has 0 radical (unpaired) electrons. The van der Waals surface area contributed by atoms with Gasteiger partial charge in [0, 0.05) is 6.42 Å². The van der Waals surface area contributed by atoms with Gasteiger partial charge in [-0.05, 0) is 23.3 Å². The molecule has 2 aliphatic heterocycles. The molecular formula is C25H22N4O3. The molecular weight excluding hydrogens is 404 g/mol. The predicted octanol–water partition coefficient (Wildman–Crippen LogP) is 4.63. The van der Waals surface area contributed by atoms with Gasteiger partial charge >= 0.3 is 0 Å². The number of benzene rings is 2. The molecule has 2 aromatic carbocycles. The van der Waals surface area contributed by atoms with Crippen LogP contribution in [0.25, 0.3) is 0 Å². The third kappa shape index (κ3) is 2.71. The summed E-state index contributed by atoms with van der Waals surface area (Å²) in [5.74, 6) is -1.69. The summed E-state index contributed by atoms with van der Waals surface area (Å²) in [4.78, 5) is 0. The highest BCUT2D eigenvalue weighted by Crippen LogP contribution is 2.66. The molecule has 4 unspecified atom stereocenters. The average molecular weight is 426 g/mol. The Morgan fingerprint density at radius 3 is 2.22 bits per heavy atom. The molecule has 2 aromatic rings. The van der Waals surface area contributed by atoms with E-state index < -0.39 is 28.6 Å². The maximum atomic E-state index is 10.2. The van der Waals surface area contributed by atoms with Gasteiger partial charge in [0.15, 0.2) is 5.41 Å². The number of hydrogen-bond donors (Lipinski definition) is 1. The number of nitrogens with zero attached hydrogens (tertiary/aromatic N) is 3. The Balaban J connectivity index is 1.71. The standard InChI is InChI=1S/C25H22N4O3/c1-3-25-17(2)24(16-28,22(29)32-25)23(14-26,15-27)21(31-25)19-9-11-20(12-10-19)30-13-18-7-5-4-6-8-18/h4-12,17,21,29H,3,13H2,1-2H3. The van der Waals surface area contributed by atoms with Gasteiger partial charge in [0.25, 0.3) is 0 Å². The van der Waals surface area contributed by atoms with Crippen molar-refractivity contribution in [2.24, 2.45) is 16.7 Å². The van der Waals surface area contributed by atoms with Crippen molar-refractivity contribution in [3.63, 3.8) is 0 Å². The van der Waals surface area contributed by atoms with E-state index in [9.17, 15) is 15.8 Å². The highest BCUT2D eigenvalue weighted by atomic mass is 16.7. The van der Waals surface area contributed by atoms with E-state index >= 15 is 0 Å². The molecule has 2 heterocycles. The molecule has 4 rings (SSSR count). The summed E-state index contributed by atoms with van der Waals surface area (Å²) in [6.07, 6.45) is -0.707. The highest BCUT2D eigenvalue weighted by molar-refractivity contribution is 5.89. The molecule has 0 aromatic heterocycles. The van der Waals surface area contributed by atoms with Gasteiger partial charge in [-0.15, -0.1) is 0 Å². The van der Waals surface area contributed by atoms with Crippen LogP contribution in [0.5, 0.6) is 5.75 Å². The first-order chi connectivity index (χ1) is 15.4. The summed E-state index contributed by atoms with van der Waals surface area (Å²) >= 11 is 0. The quantitative estimate of drug-likeness (QED) is 0.743. The van der Waals surface area contributed by atoms with E-state index in [0.29, 0.717) is 24.3 Å². The summed E-state index contributed by atoms with van der Waals surface area (Å²) < 4.78 is 17.9. The minimum Gasteiger partial charge on any atom is -0.489 e. The molecule has 7 nitrogen and oxygen atoms in total. The second-order valence-corrected chi connectivity index (χ2v) is 8.11. The van der Waals surface area contributed by atoms with E-state index in [1.54, 1.807) is 31.2 Å². The highest BCUT2D eigenvalue weighted by Gasteiger charge is 2.78. The number of hydrogen-bond acceptors (Lipinski definition) is 7. The fourth-order valence-electron chi connectivity index (χ4n) is 4.82. The number of nitrogens with one attached hydrogen (secondary N) is 1. The van der Waals surface area contributed by atoms with E-state index in [2.05, 4.69) is 6.07 Å². The van der Waals surface area contributed by atoms with Crippen LogP contribution in [0.15, 0.2) is 54.6 Å². The first-order valence-electron chi connectivity index (χ1n) is 10.4. The summed E-state index contributed by atoms with van der Waals surface area (Å²) in [5.41, 5.74) is -2.11. The van der Waals surface area contributed by atoms with Crippen LogP contribution in [0, 0.1) is 56.2 Å². The zero-order valence-electron chi connectivity index (χ0n) is 17.8. The van der Waals surface area contributed by atoms with E-state index in [1.165, 1.54) is 0 Å². The fraction of sp³-hybridized carbons (Fsp3) is 0.360. The van der Waals surface area contributed by atoms with Crippen LogP contribution in [0.4, 0.5) is 0 Å². The Hall–Kier alpha value is -3.86. The third-order valence-corrected chi connectivity index (χ3v) is 6.73. The van der Waals surface area contributed by atoms with Crippen molar-refractivity contribution in [1.29, 1.82) is 21.2 Å². The monoisotopic (exact) mass is 426 g/mol. The van der Waals surface area contributed by atoms with Gasteiger partial charge in [-0.1, -0.05) is 56.3 Å². The molecule has 0 aliphatic carbocycles. The van der Waals surface area contributed by atoms with Crippen molar-refractivity contribution in [2.45, 2.75) is 38.8 Å². The van der Waals surface area contributed by atoms with E-state index in [0.717, 1.165) is 5.56 Å². The van der Waals surface area contributed by atoms with Gasteiger partial charge in [-0.2, -0.15) is 15.8 Å². The maximum absolute atomic E-state index is 10.2.